The van der Waals surface area contributed by atoms with Gasteiger partial charge in [-0.3, -0.25) is 4.79 Å². The lowest BCUT2D eigenvalue weighted by Gasteiger charge is -2.40. The van der Waals surface area contributed by atoms with Gasteiger partial charge in [0.1, 0.15) is 18.0 Å². The molecule has 0 radical (unpaired) electrons. The summed E-state index contributed by atoms with van der Waals surface area (Å²) in [4.78, 5) is 18.8. The van der Waals surface area contributed by atoms with E-state index >= 15 is 0 Å². The van der Waals surface area contributed by atoms with Crippen molar-refractivity contribution >= 4 is 5.91 Å². The Hall–Kier alpha value is -2.34. The molecule has 24 heavy (non-hydrogen) atoms. The molecule has 4 rings (SSSR count). The maximum atomic E-state index is 12.6. The van der Waals surface area contributed by atoms with Crippen LogP contribution in [0.5, 0.6) is 5.88 Å². The van der Waals surface area contributed by atoms with E-state index in [1.165, 1.54) is 0 Å². The van der Waals surface area contributed by atoms with Gasteiger partial charge in [0.25, 0.3) is 0 Å². The first-order valence-electron chi connectivity index (χ1n) is 8.32. The second-order valence-corrected chi connectivity index (χ2v) is 6.15. The summed E-state index contributed by atoms with van der Waals surface area (Å²) >= 11 is 0. The van der Waals surface area contributed by atoms with Gasteiger partial charge in [-0.1, -0.05) is 6.07 Å². The zero-order valence-corrected chi connectivity index (χ0v) is 13.3. The maximum Gasteiger partial charge on any atom is 0.230 e. The standard InChI is InChI=1S/C18H20N2O4/c21-17(12-13-4-3-10-22-13)20-9-6-15(18-14(20)7-11-23-18)24-16-5-1-2-8-19-16/h1-5,8,10,14-15,18H,6-7,9,11-12H2/t14-,15+,18-/m0/s1. The summed E-state index contributed by atoms with van der Waals surface area (Å²) in [5.41, 5.74) is 0. The third kappa shape index (κ3) is 3.01. The van der Waals surface area contributed by atoms with Crippen LogP contribution in [0.15, 0.2) is 47.2 Å². The number of ether oxygens (including phenoxy) is 2. The number of pyridine rings is 1. The van der Waals surface area contributed by atoms with Crippen LogP contribution in [0.1, 0.15) is 18.6 Å². The van der Waals surface area contributed by atoms with E-state index in [1.807, 2.05) is 29.2 Å². The Morgan fingerprint density at radius 2 is 2.25 bits per heavy atom. The molecular formula is C18H20N2O4. The molecule has 2 aromatic heterocycles. The van der Waals surface area contributed by atoms with Crippen LogP contribution in [0.2, 0.25) is 0 Å². The first-order valence-corrected chi connectivity index (χ1v) is 8.32. The van der Waals surface area contributed by atoms with Gasteiger partial charge in [-0.25, -0.2) is 4.98 Å². The average Bonchev–Trinajstić information content (AvgIpc) is 3.27. The third-order valence-corrected chi connectivity index (χ3v) is 4.66. The first-order chi connectivity index (χ1) is 11.8. The summed E-state index contributed by atoms with van der Waals surface area (Å²) in [5.74, 6) is 1.39. The number of piperidine rings is 1. The lowest BCUT2D eigenvalue weighted by molar-refractivity contribution is -0.140. The van der Waals surface area contributed by atoms with Crippen molar-refractivity contribution in [2.75, 3.05) is 13.2 Å². The Bertz CT molecular complexity index is 674. The van der Waals surface area contributed by atoms with E-state index in [0.717, 1.165) is 12.8 Å². The van der Waals surface area contributed by atoms with Gasteiger partial charge in [0.15, 0.2) is 0 Å². The highest BCUT2D eigenvalue weighted by atomic mass is 16.5. The number of carbonyl (C=O) groups excluding carboxylic acids is 1. The number of carbonyl (C=O) groups is 1. The first kappa shape index (κ1) is 15.2. The topological polar surface area (TPSA) is 64.8 Å². The van der Waals surface area contributed by atoms with Crippen molar-refractivity contribution < 1.29 is 18.7 Å². The second-order valence-electron chi connectivity index (χ2n) is 6.15. The molecule has 2 aliphatic rings. The van der Waals surface area contributed by atoms with Crippen molar-refractivity contribution in [3.05, 3.63) is 48.6 Å². The van der Waals surface area contributed by atoms with Crippen molar-refractivity contribution in [2.24, 2.45) is 0 Å². The Labute approximate surface area is 140 Å². The summed E-state index contributed by atoms with van der Waals surface area (Å²) in [7, 11) is 0. The Morgan fingerprint density at radius 1 is 1.29 bits per heavy atom. The minimum absolute atomic E-state index is 0.0647. The predicted octanol–water partition coefficient (Wildman–Crippen LogP) is 2.05. The number of amides is 1. The van der Waals surface area contributed by atoms with Gasteiger partial charge < -0.3 is 18.8 Å². The highest BCUT2D eigenvalue weighted by Crippen LogP contribution is 2.31. The van der Waals surface area contributed by atoms with E-state index in [9.17, 15) is 4.79 Å². The average molecular weight is 328 g/mol. The molecule has 2 aromatic rings. The molecule has 126 valence electrons. The number of hydrogen-bond donors (Lipinski definition) is 0. The van der Waals surface area contributed by atoms with Crippen LogP contribution >= 0.6 is 0 Å². The van der Waals surface area contributed by atoms with Gasteiger partial charge in [-0.15, -0.1) is 0 Å². The molecule has 3 atom stereocenters. The summed E-state index contributed by atoms with van der Waals surface area (Å²) in [5, 5.41) is 0. The lowest BCUT2D eigenvalue weighted by atomic mass is 9.95. The summed E-state index contributed by atoms with van der Waals surface area (Å²) in [6.07, 6.45) is 5.02. The van der Waals surface area contributed by atoms with Gasteiger partial charge in [0.2, 0.25) is 11.8 Å². The number of aromatic nitrogens is 1. The predicted molar refractivity (Wildman–Crippen MR) is 85.5 cm³/mol. The fourth-order valence-corrected chi connectivity index (χ4v) is 3.56. The number of hydrogen-bond acceptors (Lipinski definition) is 5. The molecule has 4 heterocycles. The van der Waals surface area contributed by atoms with Crippen LogP contribution in [0.25, 0.3) is 0 Å². The zero-order valence-electron chi connectivity index (χ0n) is 13.3. The highest BCUT2D eigenvalue weighted by Gasteiger charge is 2.45. The maximum absolute atomic E-state index is 12.6. The number of nitrogens with zero attached hydrogens (tertiary/aromatic N) is 2. The molecule has 0 unspecified atom stereocenters. The molecule has 0 N–H and O–H groups in total. The molecule has 6 nitrogen and oxygen atoms in total. The molecule has 6 heteroatoms. The highest BCUT2D eigenvalue weighted by molar-refractivity contribution is 5.78. The number of furan rings is 1. The van der Waals surface area contributed by atoms with Gasteiger partial charge >= 0.3 is 0 Å². The Balaban J connectivity index is 1.44. The smallest absolute Gasteiger partial charge is 0.230 e. The van der Waals surface area contributed by atoms with Gasteiger partial charge in [-0.2, -0.15) is 0 Å². The molecule has 0 spiro atoms. The van der Waals surface area contributed by atoms with E-state index in [4.69, 9.17) is 13.9 Å². The summed E-state index contributed by atoms with van der Waals surface area (Å²) in [6, 6.07) is 9.30. The van der Waals surface area contributed by atoms with Crippen molar-refractivity contribution in [2.45, 2.75) is 37.5 Å². The quantitative estimate of drug-likeness (QED) is 0.859. The van der Waals surface area contributed by atoms with E-state index in [-0.39, 0.29) is 24.2 Å². The largest absolute Gasteiger partial charge is 0.471 e. The van der Waals surface area contributed by atoms with Crippen molar-refractivity contribution in [3.8, 4) is 5.88 Å². The van der Waals surface area contributed by atoms with E-state index in [2.05, 4.69) is 4.98 Å². The van der Waals surface area contributed by atoms with Crippen LogP contribution in [-0.2, 0) is 16.0 Å². The Morgan fingerprint density at radius 3 is 3.04 bits per heavy atom. The second kappa shape index (κ2) is 6.65. The normalized spacial score (nSPS) is 26.2. The summed E-state index contributed by atoms with van der Waals surface area (Å²) < 4.78 is 17.2. The van der Waals surface area contributed by atoms with Crippen LogP contribution in [0.4, 0.5) is 0 Å². The zero-order chi connectivity index (χ0) is 16.4. The molecule has 2 fully saturated rings. The number of likely N-dealkylation sites (tertiary alicyclic amines) is 1. The fraction of sp³-hybridized carbons (Fsp3) is 0.444. The number of rotatable bonds is 4. The van der Waals surface area contributed by atoms with Gasteiger partial charge in [0.05, 0.1) is 18.7 Å². The van der Waals surface area contributed by atoms with Crippen LogP contribution in [0.3, 0.4) is 0 Å². The van der Waals surface area contributed by atoms with Crippen molar-refractivity contribution in [1.82, 2.24) is 9.88 Å². The number of fused-ring (bicyclic) bond motifs is 1. The summed E-state index contributed by atoms with van der Waals surface area (Å²) in [6.45, 7) is 1.32. The van der Waals surface area contributed by atoms with Crippen molar-refractivity contribution in [1.29, 1.82) is 0 Å². The molecular weight excluding hydrogens is 308 g/mol. The molecule has 0 aliphatic carbocycles. The third-order valence-electron chi connectivity index (χ3n) is 4.66. The Kier molecular flexibility index (Phi) is 4.21. The van der Waals surface area contributed by atoms with Gasteiger partial charge in [0, 0.05) is 31.8 Å². The van der Waals surface area contributed by atoms with Gasteiger partial charge in [-0.05, 0) is 24.6 Å². The van der Waals surface area contributed by atoms with E-state index < -0.39 is 0 Å². The minimum Gasteiger partial charge on any atom is -0.471 e. The fourth-order valence-electron chi connectivity index (χ4n) is 3.56. The monoisotopic (exact) mass is 328 g/mol. The molecule has 0 bridgehead atoms. The van der Waals surface area contributed by atoms with Crippen LogP contribution in [-0.4, -0.2) is 47.2 Å². The SMILES string of the molecule is O=C(Cc1ccco1)N1CC[C@@H](Oc2ccccn2)[C@H]2OCC[C@@H]21. The molecule has 1 amide bonds. The molecule has 0 aromatic carbocycles. The van der Waals surface area contributed by atoms with Crippen molar-refractivity contribution in [3.63, 3.8) is 0 Å². The molecule has 2 aliphatic heterocycles. The van der Waals surface area contributed by atoms with E-state index in [1.54, 1.807) is 18.5 Å². The minimum atomic E-state index is -0.0960. The van der Waals surface area contributed by atoms with Crippen LogP contribution < -0.4 is 4.74 Å². The molecule has 2 saturated heterocycles. The molecule has 0 saturated carbocycles. The van der Waals surface area contributed by atoms with Crippen LogP contribution in [0, 0.1) is 0 Å². The lowest BCUT2D eigenvalue weighted by Crippen LogP contribution is -2.56. The van der Waals surface area contributed by atoms with E-state index in [0.29, 0.717) is 31.2 Å².